The number of rotatable bonds is 4. The SMILES string of the molecule is CC1=C(C(=O)Nc2cccnc2)C(c2cccc(C)c2)n2nc(-c3ccc(O)cc3)nc2N1. The Morgan fingerprint density at radius 3 is 2.64 bits per heavy atom. The van der Waals surface area contributed by atoms with E-state index in [1.165, 1.54) is 0 Å². The lowest BCUT2D eigenvalue weighted by molar-refractivity contribution is -0.113. The van der Waals surface area contributed by atoms with Gasteiger partial charge in [-0.15, -0.1) is 5.10 Å². The van der Waals surface area contributed by atoms with Crippen molar-refractivity contribution in [2.75, 3.05) is 10.6 Å². The third-order valence-corrected chi connectivity index (χ3v) is 5.50. The molecule has 1 aliphatic rings. The summed E-state index contributed by atoms with van der Waals surface area (Å²) in [6, 6.07) is 17.8. The Labute approximate surface area is 190 Å². The van der Waals surface area contributed by atoms with Crippen LogP contribution in [-0.4, -0.2) is 30.8 Å². The van der Waals surface area contributed by atoms with Gasteiger partial charge in [-0.2, -0.15) is 4.98 Å². The molecule has 0 radical (unpaired) electrons. The number of phenolic OH excluding ortho intramolecular Hbond substituents is 1. The summed E-state index contributed by atoms with van der Waals surface area (Å²) in [7, 11) is 0. The van der Waals surface area contributed by atoms with Crippen LogP contribution in [0.4, 0.5) is 11.6 Å². The van der Waals surface area contributed by atoms with Crippen molar-refractivity contribution in [2.24, 2.45) is 0 Å². The van der Waals surface area contributed by atoms with Crippen LogP contribution in [0.3, 0.4) is 0 Å². The summed E-state index contributed by atoms with van der Waals surface area (Å²) in [5.74, 6) is 0.967. The molecule has 1 amide bonds. The zero-order chi connectivity index (χ0) is 22.9. The first-order valence-electron chi connectivity index (χ1n) is 10.5. The minimum atomic E-state index is -0.476. The fourth-order valence-electron chi connectivity index (χ4n) is 3.96. The van der Waals surface area contributed by atoms with E-state index in [9.17, 15) is 9.90 Å². The maximum absolute atomic E-state index is 13.4. The normalized spacial score (nSPS) is 15.0. The summed E-state index contributed by atoms with van der Waals surface area (Å²) in [6.07, 6.45) is 3.26. The highest BCUT2D eigenvalue weighted by atomic mass is 16.3. The molecule has 2 aromatic heterocycles. The average molecular weight is 438 g/mol. The van der Waals surface area contributed by atoms with Crippen LogP contribution in [0.15, 0.2) is 84.3 Å². The first kappa shape index (κ1) is 20.4. The molecule has 164 valence electrons. The van der Waals surface area contributed by atoms with Gasteiger partial charge < -0.3 is 15.7 Å². The number of aromatic nitrogens is 4. The van der Waals surface area contributed by atoms with Crippen molar-refractivity contribution in [3.05, 3.63) is 95.5 Å². The van der Waals surface area contributed by atoms with Gasteiger partial charge in [-0.05, 0) is 55.8 Å². The average Bonchev–Trinajstić information content (AvgIpc) is 3.22. The van der Waals surface area contributed by atoms with Gasteiger partial charge in [-0.3, -0.25) is 9.78 Å². The molecule has 0 bridgehead atoms. The van der Waals surface area contributed by atoms with Crippen LogP contribution in [0, 0.1) is 6.92 Å². The van der Waals surface area contributed by atoms with E-state index in [1.54, 1.807) is 53.5 Å². The molecule has 8 nitrogen and oxygen atoms in total. The van der Waals surface area contributed by atoms with Gasteiger partial charge in [0.1, 0.15) is 11.8 Å². The molecule has 0 saturated carbocycles. The number of hydrogen-bond acceptors (Lipinski definition) is 6. The highest BCUT2D eigenvalue weighted by Gasteiger charge is 2.34. The van der Waals surface area contributed by atoms with E-state index < -0.39 is 6.04 Å². The number of hydrogen-bond donors (Lipinski definition) is 3. The first-order valence-corrected chi connectivity index (χ1v) is 10.5. The number of anilines is 2. The standard InChI is InChI=1S/C25H22N6O2/c1-15-5-3-6-18(13-15)22-21(24(33)28-19-7-4-12-26-14-19)16(2)27-25-29-23(30-31(22)25)17-8-10-20(32)11-9-17/h3-14,22,32H,1-2H3,(H,28,33)(H,27,29,30). The van der Waals surface area contributed by atoms with Crippen LogP contribution in [0.5, 0.6) is 5.75 Å². The zero-order valence-electron chi connectivity index (χ0n) is 18.1. The van der Waals surface area contributed by atoms with E-state index in [-0.39, 0.29) is 11.7 Å². The molecule has 33 heavy (non-hydrogen) atoms. The third-order valence-electron chi connectivity index (χ3n) is 5.50. The van der Waals surface area contributed by atoms with E-state index in [1.807, 2.05) is 38.1 Å². The number of pyridine rings is 1. The fourth-order valence-corrected chi connectivity index (χ4v) is 3.96. The summed E-state index contributed by atoms with van der Waals surface area (Å²) in [5, 5.41) is 20.5. The highest BCUT2D eigenvalue weighted by Crippen LogP contribution is 2.37. The molecule has 8 heteroatoms. The minimum Gasteiger partial charge on any atom is -0.508 e. The quantitative estimate of drug-likeness (QED) is 0.439. The number of fused-ring (bicyclic) bond motifs is 1. The lowest BCUT2D eigenvalue weighted by Gasteiger charge is -2.28. The van der Waals surface area contributed by atoms with E-state index >= 15 is 0 Å². The second-order valence-electron chi connectivity index (χ2n) is 7.93. The molecule has 0 spiro atoms. The molecule has 0 saturated heterocycles. The molecule has 5 rings (SSSR count). The number of amides is 1. The maximum atomic E-state index is 13.4. The molecular formula is C25H22N6O2. The van der Waals surface area contributed by atoms with Crippen LogP contribution >= 0.6 is 0 Å². The van der Waals surface area contributed by atoms with Crippen molar-refractivity contribution in [2.45, 2.75) is 19.9 Å². The molecule has 1 aliphatic heterocycles. The van der Waals surface area contributed by atoms with Gasteiger partial charge >= 0.3 is 0 Å². The number of nitrogens with zero attached hydrogens (tertiary/aromatic N) is 4. The van der Waals surface area contributed by atoms with Crippen LogP contribution in [0.2, 0.25) is 0 Å². The zero-order valence-corrected chi connectivity index (χ0v) is 18.1. The predicted octanol–water partition coefficient (Wildman–Crippen LogP) is 4.28. The van der Waals surface area contributed by atoms with E-state index in [0.29, 0.717) is 28.7 Å². The summed E-state index contributed by atoms with van der Waals surface area (Å²) >= 11 is 0. The topological polar surface area (TPSA) is 105 Å². The number of benzene rings is 2. The van der Waals surface area contributed by atoms with Crippen molar-refractivity contribution < 1.29 is 9.90 Å². The molecule has 1 atom stereocenters. The van der Waals surface area contributed by atoms with Crippen molar-refractivity contribution in [1.29, 1.82) is 0 Å². The number of nitrogens with one attached hydrogen (secondary N) is 2. The van der Waals surface area contributed by atoms with E-state index in [2.05, 4.69) is 20.6 Å². The smallest absolute Gasteiger partial charge is 0.255 e. The van der Waals surface area contributed by atoms with Crippen LogP contribution in [0.1, 0.15) is 24.1 Å². The molecule has 2 aromatic carbocycles. The Morgan fingerprint density at radius 1 is 1.09 bits per heavy atom. The lowest BCUT2D eigenvalue weighted by atomic mass is 9.94. The van der Waals surface area contributed by atoms with Gasteiger partial charge in [0.25, 0.3) is 5.91 Å². The van der Waals surface area contributed by atoms with Gasteiger partial charge in [0.2, 0.25) is 5.95 Å². The maximum Gasteiger partial charge on any atom is 0.255 e. The van der Waals surface area contributed by atoms with Crippen molar-refractivity contribution in [1.82, 2.24) is 19.7 Å². The van der Waals surface area contributed by atoms with Gasteiger partial charge in [0, 0.05) is 17.5 Å². The van der Waals surface area contributed by atoms with E-state index in [4.69, 9.17) is 5.10 Å². The van der Waals surface area contributed by atoms with E-state index in [0.717, 1.165) is 16.7 Å². The number of aromatic hydroxyl groups is 1. The number of allylic oxidation sites excluding steroid dienone is 1. The number of carbonyl (C=O) groups excluding carboxylic acids is 1. The number of phenols is 1. The Balaban J connectivity index is 1.61. The second-order valence-corrected chi connectivity index (χ2v) is 7.93. The monoisotopic (exact) mass is 438 g/mol. The highest BCUT2D eigenvalue weighted by molar-refractivity contribution is 6.05. The van der Waals surface area contributed by atoms with Gasteiger partial charge in [0.15, 0.2) is 5.82 Å². The Kier molecular flexibility index (Phi) is 5.10. The third kappa shape index (κ3) is 3.94. The Morgan fingerprint density at radius 2 is 1.91 bits per heavy atom. The lowest BCUT2D eigenvalue weighted by Crippen LogP contribution is -2.31. The molecule has 3 heterocycles. The van der Waals surface area contributed by atoms with Crippen LogP contribution in [0.25, 0.3) is 11.4 Å². The molecular weight excluding hydrogens is 416 g/mol. The summed E-state index contributed by atoms with van der Waals surface area (Å²) in [4.78, 5) is 22.2. The number of aryl methyl sites for hydroxylation is 1. The predicted molar refractivity (Wildman–Crippen MR) is 126 cm³/mol. The van der Waals surface area contributed by atoms with Gasteiger partial charge in [-0.25, -0.2) is 4.68 Å². The summed E-state index contributed by atoms with van der Waals surface area (Å²) in [5.41, 5.74) is 4.62. The summed E-state index contributed by atoms with van der Waals surface area (Å²) < 4.78 is 1.74. The molecule has 3 N–H and O–H groups in total. The first-order chi connectivity index (χ1) is 16.0. The second kappa shape index (κ2) is 8.23. The fraction of sp³-hybridized carbons (Fsp3) is 0.120. The Hall–Kier alpha value is -4.46. The van der Waals surface area contributed by atoms with Crippen LogP contribution in [-0.2, 0) is 4.79 Å². The van der Waals surface area contributed by atoms with Crippen LogP contribution < -0.4 is 10.6 Å². The van der Waals surface area contributed by atoms with Crippen molar-refractivity contribution in [3.63, 3.8) is 0 Å². The van der Waals surface area contributed by atoms with Gasteiger partial charge in [-0.1, -0.05) is 29.8 Å². The number of carbonyl (C=O) groups is 1. The van der Waals surface area contributed by atoms with Gasteiger partial charge in [0.05, 0.1) is 17.5 Å². The van der Waals surface area contributed by atoms with Crippen molar-refractivity contribution in [3.8, 4) is 17.1 Å². The molecule has 1 unspecified atom stereocenters. The van der Waals surface area contributed by atoms with Crippen molar-refractivity contribution >= 4 is 17.5 Å². The molecule has 0 fully saturated rings. The minimum absolute atomic E-state index is 0.172. The molecule has 4 aromatic rings. The largest absolute Gasteiger partial charge is 0.508 e. The summed E-state index contributed by atoms with van der Waals surface area (Å²) in [6.45, 7) is 3.88. The Bertz CT molecular complexity index is 1360. The molecule has 0 aliphatic carbocycles.